The van der Waals surface area contributed by atoms with Gasteiger partial charge in [0.1, 0.15) is 15.8 Å². The number of hydrogen-bond donors (Lipinski definition) is 0. The molecule has 1 aromatic heterocycles. The third kappa shape index (κ3) is 5.10. The maximum absolute atomic E-state index is 13.5. The summed E-state index contributed by atoms with van der Waals surface area (Å²) in [6, 6.07) is 25.8. The first-order valence-electron chi connectivity index (χ1n) is 12.2. The van der Waals surface area contributed by atoms with Gasteiger partial charge in [0.05, 0.1) is 23.2 Å². The molecule has 0 radical (unpaired) electrons. The summed E-state index contributed by atoms with van der Waals surface area (Å²) in [4.78, 5) is 15.8. The summed E-state index contributed by atoms with van der Waals surface area (Å²) in [6.07, 6.45) is 3.88. The fraction of sp³-hybridized carbons (Fsp3) is 0.167. The van der Waals surface area contributed by atoms with Gasteiger partial charge in [-0.3, -0.25) is 9.69 Å². The van der Waals surface area contributed by atoms with E-state index in [1.807, 2.05) is 117 Å². The van der Waals surface area contributed by atoms with Gasteiger partial charge < -0.3 is 4.74 Å². The Morgan fingerprint density at radius 3 is 2.43 bits per heavy atom. The van der Waals surface area contributed by atoms with Crippen LogP contribution in [0.2, 0.25) is 0 Å². The number of rotatable bonds is 7. The molecule has 0 unspecified atom stereocenters. The molecule has 4 aromatic rings. The van der Waals surface area contributed by atoms with Gasteiger partial charge in [-0.15, -0.1) is 0 Å². The number of ether oxygens (including phenoxy) is 1. The van der Waals surface area contributed by atoms with Gasteiger partial charge in [0.2, 0.25) is 0 Å². The highest BCUT2D eigenvalue weighted by Crippen LogP contribution is 2.39. The van der Waals surface area contributed by atoms with Crippen molar-refractivity contribution in [2.45, 2.75) is 26.8 Å². The number of thiocarbonyl (C=S) groups is 1. The minimum Gasteiger partial charge on any atom is -0.494 e. The standard InChI is InChI=1S/C30H27N3O2S2/c1-4-35-25-15-16-26(20(2)17-25)28-23(19-32(31-28)24-13-9-6-10-14-24)18-27-29(34)33(30(36)37-27)21(3)22-11-7-5-8-12-22/h5-19,21H,4H2,1-3H3/b27-18-/t21-/m0/s1. The largest absolute Gasteiger partial charge is 0.494 e. The zero-order valence-corrected chi connectivity index (χ0v) is 22.6. The molecule has 2 heterocycles. The van der Waals surface area contributed by atoms with Crippen LogP contribution in [0.15, 0.2) is 90.0 Å². The van der Waals surface area contributed by atoms with Crippen LogP contribution in [0, 0.1) is 6.92 Å². The normalized spacial score (nSPS) is 15.4. The van der Waals surface area contributed by atoms with Crippen LogP contribution in [0.1, 0.15) is 36.6 Å². The Hall–Kier alpha value is -3.68. The van der Waals surface area contributed by atoms with E-state index >= 15 is 0 Å². The number of para-hydroxylation sites is 1. The lowest BCUT2D eigenvalue weighted by molar-refractivity contribution is -0.123. The Balaban J connectivity index is 1.56. The molecule has 1 aliphatic rings. The predicted octanol–water partition coefficient (Wildman–Crippen LogP) is 7.21. The summed E-state index contributed by atoms with van der Waals surface area (Å²) in [5.74, 6) is 0.733. The Bertz CT molecular complexity index is 1480. The SMILES string of the molecule is CCOc1ccc(-c2nn(-c3ccccc3)cc2/C=C2\SC(=S)N([C@@H](C)c3ccccc3)C2=O)c(C)c1. The zero-order chi connectivity index (χ0) is 25.9. The predicted molar refractivity (Wildman–Crippen MR) is 155 cm³/mol. The number of amides is 1. The van der Waals surface area contributed by atoms with Gasteiger partial charge in [-0.25, -0.2) is 4.68 Å². The Labute approximate surface area is 226 Å². The molecule has 37 heavy (non-hydrogen) atoms. The molecule has 0 aliphatic carbocycles. The van der Waals surface area contributed by atoms with Crippen molar-refractivity contribution in [1.29, 1.82) is 0 Å². The molecule has 0 N–H and O–H groups in total. The summed E-state index contributed by atoms with van der Waals surface area (Å²) in [6.45, 7) is 6.63. The van der Waals surface area contributed by atoms with Gasteiger partial charge >= 0.3 is 0 Å². The van der Waals surface area contributed by atoms with Crippen LogP contribution in [0.25, 0.3) is 23.0 Å². The molecule has 1 saturated heterocycles. The minimum absolute atomic E-state index is 0.0896. The second kappa shape index (κ2) is 10.7. The fourth-order valence-electron chi connectivity index (χ4n) is 4.41. The van der Waals surface area contributed by atoms with E-state index in [0.717, 1.165) is 39.4 Å². The molecule has 0 saturated carbocycles. The summed E-state index contributed by atoms with van der Waals surface area (Å²) >= 11 is 6.98. The van der Waals surface area contributed by atoms with Crippen LogP contribution in [0.4, 0.5) is 0 Å². The Kier molecular flexibility index (Phi) is 7.26. The molecule has 1 fully saturated rings. The number of hydrogen-bond acceptors (Lipinski definition) is 5. The first-order valence-corrected chi connectivity index (χ1v) is 13.4. The topological polar surface area (TPSA) is 47.4 Å². The maximum atomic E-state index is 13.5. The second-order valence-corrected chi connectivity index (χ2v) is 10.4. The van der Waals surface area contributed by atoms with Gasteiger partial charge in [-0.2, -0.15) is 5.10 Å². The van der Waals surface area contributed by atoms with E-state index in [1.54, 1.807) is 4.90 Å². The first-order chi connectivity index (χ1) is 18.0. The van der Waals surface area contributed by atoms with Crippen molar-refractivity contribution >= 4 is 40.3 Å². The van der Waals surface area contributed by atoms with Crippen molar-refractivity contribution in [3.05, 3.63) is 107 Å². The van der Waals surface area contributed by atoms with E-state index in [2.05, 4.69) is 0 Å². The number of carbonyl (C=O) groups is 1. The van der Waals surface area contributed by atoms with E-state index in [1.165, 1.54) is 11.8 Å². The average molecular weight is 526 g/mol. The fourth-order valence-corrected chi connectivity index (χ4v) is 5.82. The van der Waals surface area contributed by atoms with Crippen LogP contribution in [-0.2, 0) is 4.79 Å². The molecule has 7 heteroatoms. The molecule has 1 atom stereocenters. The zero-order valence-electron chi connectivity index (χ0n) is 20.9. The van der Waals surface area contributed by atoms with Crippen LogP contribution in [0.5, 0.6) is 5.75 Å². The molecule has 0 spiro atoms. The van der Waals surface area contributed by atoms with Gasteiger partial charge in [-0.05, 0) is 68.3 Å². The molecular weight excluding hydrogens is 498 g/mol. The van der Waals surface area contributed by atoms with Crippen molar-refractivity contribution in [1.82, 2.24) is 14.7 Å². The van der Waals surface area contributed by atoms with Crippen LogP contribution >= 0.6 is 24.0 Å². The first kappa shape index (κ1) is 25.0. The third-order valence-corrected chi connectivity index (χ3v) is 7.64. The number of thioether (sulfide) groups is 1. The van der Waals surface area contributed by atoms with Crippen molar-refractivity contribution in [2.75, 3.05) is 6.61 Å². The quantitative estimate of drug-likeness (QED) is 0.188. The van der Waals surface area contributed by atoms with Crippen molar-refractivity contribution in [3.63, 3.8) is 0 Å². The number of benzene rings is 3. The highest BCUT2D eigenvalue weighted by molar-refractivity contribution is 8.26. The monoisotopic (exact) mass is 525 g/mol. The Morgan fingerprint density at radius 2 is 1.76 bits per heavy atom. The van der Waals surface area contributed by atoms with Crippen molar-refractivity contribution < 1.29 is 9.53 Å². The minimum atomic E-state index is -0.153. The van der Waals surface area contributed by atoms with Gasteiger partial charge in [0.25, 0.3) is 5.91 Å². The highest BCUT2D eigenvalue weighted by atomic mass is 32.2. The Morgan fingerprint density at radius 1 is 1.05 bits per heavy atom. The highest BCUT2D eigenvalue weighted by Gasteiger charge is 2.36. The molecule has 186 valence electrons. The third-order valence-electron chi connectivity index (χ3n) is 6.31. The smallest absolute Gasteiger partial charge is 0.266 e. The average Bonchev–Trinajstić information content (AvgIpc) is 3.45. The number of aryl methyl sites for hydroxylation is 1. The van der Waals surface area contributed by atoms with Crippen molar-refractivity contribution in [2.24, 2.45) is 0 Å². The van der Waals surface area contributed by atoms with Crippen LogP contribution in [0.3, 0.4) is 0 Å². The summed E-state index contributed by atoms with van der Waals surface area (Å²) < 4.78 is 8.09. The van der Waals surface area contributed by atoms with E-state index in [-0.39, 0.29) is 11.9 Å². The summed E-state index contributed by atoms with van der Waals surface area (Å²) in [5.41, 5.74) is 5.66. The molecule has 1 amide bonds. The number of aromatic nitrogens is 2. The van der Waals surface area contributed by atoms with Crippen LogP contribution < -0.4 is 4.74 Å². The van der Waals surface area contributed by atoms with Gasteiger partial charge in [-0.1, -0.05) is 72.5 Å². The molecule has 5 nitrogen and oxygen atoms in total. The van der Waals surface area contributed by atoms with E-state index < -0.39 is 0 Å². The lowest BCUT2D eigenvalue weighted by Crippen LogP contribution is -2.30. The molecule has 3 aromatic carbocycles. The molecule has 0 bridgehead atoms. The lowest BCUT2D eigenvalue weighted by atomic mass is 10.0. The van der Waals surface area contributed by atoms with Crippen molar-refractivity contribution in [3.8, 4) is 22.7 Å². The second-order valence-electron chi connectivity index (χ2n) is 8.76. The van der Waals surface area contributed by atoms with E-state index in [0.29, 0.717) is 15.8 Å². The molecular formula is C30H27N3O2S2. The molecule has 5 rings (SSSR count). The van der Waals surface area contributed by atoms with Gasteiger partial charge in [0.15, 0.2) is 0 Å². The summed E-state index contributed by atoms with van der Waals surface area (Å²) in [5, 5.41) is 4.94. The lowest BCUT2D eigenvalue weighted by Gasteiger charge is -2.23. The van der Waals surface area contributed by atoms with Gasteiger partial charge in [0, 0.05) is 17.3 Å². The number of nitrogens with zero attached hydrogens (tertiary/aromatic N) is 3. The van der Waals surface area contributed by atoms with E-state index in [4.69, 9.17) is 22.1 Å². The van der Waals surface area contributed by atoms with E-state index in [9.17, 15) is 4.79 Å². The molecule has 1 aliphatic heterocycles. The number of carbonyl (C=O) groups excluding carboxylic acids is 1. The van der Waals surface area contributed by atoms with Crippen LogP contribution in [-0.4, -0.2) is 31.5 Å². The maximum Gasteiger partial charge on any atom is 0.266 e. The summed E-state index contributed by atoms with van der Waals surface area (Å²) in [7, 11) is 0.